The average Bonchev–Trinajstić information content (AvgIpc) is 3.32. The summed E-state index contributed by atoms with van der Waals surface area (Å²) < 4.78 is 17.7. The number of ether oxygens (including phenoxy) is 3. The van der Waals surface area contributed by atoms with E-state index in [0.717, 1.165) is 5.56 Å². The molecule has 4 rings (SSSR count). The molecular formula is C20H25N5O7. The number of imidazole rings is 1. The van der Waals surface area contributed by atoms with Crippen LogP contribution in [0.25, 0.3) is 11.5 Å². The van der Waals surface area contributed by atoms with Crippen LogP contribution in [0, 0.1) is 0 Å². The topological polar surface area (TPSA) is 164 Å². The summed E-state index contributed by atoms with van der Waals surface area (Å²) in [7, 11) is 3.16. The summed E-state index contributed by atoms with van der Waals surface area (Å²) in [4.78, 5) is 12.9. The molecule has 32 heavy (non-hydrogen) atoms. The smallest absolute Gasteiger partial charge is 0.167 e. The lowest BCUT2D eigenvalue weighted by Gasteiger charge is -2.41. The summed E-state index contributed by atoms with van der Waals surface area (Å²) in [5, 5.41) is 43.2. The molecule has 0 spiro atoms. The van der Waals surface area contributed by atoms with E-state index in [1.807, 2.05) is 6.07 Å². The zero-order chi connectivity index (χ0) is 22.8. The highest BCUT2D eigenvalue weighted by Gasteiger charge is 2.45. The molecule has 1 fully saturated rings. The van der Waals surface area contributed by atoms with E-state index in [1.165, 1.54) is 17.2 Å². The number of anilines is 1. The highest BCUT2D eigenvalue weighted by Crippen LogP contribution is 2.34. The molecule has 1 aromatic carbocycles. The van der Waals surface area contributed by atoms with Crippen LogP contribution in [0.5, 0.6) is 11.5 Å². The third kappa shape index (κ3) is 3.94. The van der Waals surface area contributed by atoms with Crippen LogP contribution in [-0.4, -0.2) is 85.2 Å². The van der Waals surface area contributed by atoms with Gasteiger partial charge in [0.25, 0.3) is 0 Å². The Kier molecular flexibility index (Phi) is 6.39. The van der Waals surface area contributed by atoms with Crippen molar-refractivity contribution < 1.29 is 34.6 Å². The normalized spacial score (nSPS) is 25.6. The monoisotopic (exact) mass is 447 g/mol. The molecular weight excluding hydrogens is 422 g/mol. The molecule has 3 heterocycles. The lowest BCUT2D eigenvalue weighted by molar-refractivity contribution is -0.251. The Hall–Kier alpha value is -3.03. The first-order valence-corrected chi connectivity index (χ1v) is 9.91. The fraction of sp³-hybridized carbons (Fsp3) is 0.450. The van der Waals surface area contributed by atoms with Crippen molar-refractivity contribution >= 4 is 5.82 Å². The molecule has 0 saturated carbocycles. The molecule has 12 heteroatoms. The van der Waals surface area contributed by atoms with Crippen molar-refractivity contribution in [3.63, 3.8) is 0 Å². The molecule has 0 aromatic heterocycles. The lowest BCUT2D eigenvalue weighted by Crippen LogP contribution is -2.56. The molecule has 1 saturated heterocycles. The highest BCUT2D eigenvalue weighted by molar-refractivity contribution is 5.67. The van der Waals surface area contributed by atoms with E-state index in [2.05, 4.69) is 20.3 Å². The quantitative estimate of drug-likeness (QED) is 0.313. The van der Waals surface area contributed by atoms with Gasteiger partial charge in [-0.3, -0.25) is 4.57 Å². The Morgan fingerprint density at radius 1 is 1.06 bits per heavy atom. The fourth-order valence-corrected chi connectivity index (χ4v) is 3.68. The number of aromatic nitrogens is 4. The number of methoxy groups -OCH3 is 2. The van der Waals surface area contributed by atoms with Crippen molar-refractivity contribution in [3.05, 3.63) is 36.4 Å². The standard InChI is InChI=1S/C20H25N5O7/c1-30-11-3-4-12(31-2)10(5-11)6-21-18-14-19(23-8-22-14)25(9-24-18)20-17(29)16(28)15(27)13(7-26)32-20/h3-5,8-9,13,15-17,20-21,26-29H,6-7H2,1-2H3/t13-,15-,16+,17-,20?/m1/s1. The minimum Gasteiger partial charge on any atom is -0.497 e. The van der Waals surface area contributed by atoms with Gasteiger partial charge in [0, 0.05) is 12.1 Å². The van der Waals surface area contributed by atoms with Gasteiger partial charge in [-0.1, -0.05) is 0 Å². The number of benzene rings is 1. The molecule has 0 aliphatic carbocycles. The molecule has 3 aliphatic heterocycles. The van der Waals surface area contributed by atoms with Crippen molar-refractivity contribution in [3.8, 4) is 23.0 Å². The number of nitrogens with one attached hydrogen (secondary N) is 1. The van der Waals surface area contributed by atoms with Gasteiger partial charge < -0.3 is 40.0 Å². The molecule has 0 radical (unpaired) electrons. The summed E-state index contributed by atoms with van der Waals surface area (Å²) in [6.45, 7) is -0.174. The fourth-order valence-electron chi connectivity index (χ4n) is 3.68. The van der Waals surface area contributed by atoms with E-state index >= 15 is 0 Å². The first kappa shape index (κ1) is 22.2. The minimum atomic E-state index is -1.52. The Bertz CT molecular complexity index is 1030. The van der Waals surface area contributed by atoms with Crippen LogP contribution in [-0.2, 0) is 11.3 Å². The maximum Gasteiger partial charge on any atom is 0.167 e. The highest BCUT2D eigenvalue weighted by atomic mass is 16.6. The first-order chi connectivity index (χ1) is 15.5. The predicted molar refractivity (Wildman–Crippen MR) is 110 cm³/mol. The Morgan fingerprint density at radius 3 is 2.59 bits per heavy atom. The summed E-state index contributed by atoms with van der Waals surface area (Å²) >= 11 is 0. The number of nitrogens with zero attached hydrogens (tertiary/aromatic N) is 4. The molecule has 1 aromatic rings. The molecule has 0 bridgehead atoms. The summed E-state index contributed by atoms with van der Waals surface area (Å²) in [6.07, 6.45) is -3.92. The molecule has 3 aliphatic rings. The van der Waals surface area contributed by atoms with Gasteiger partial charge in [0.05, 0.1) is 20.8 Å². The van der Waals surface area contributed by atoms with Gasteiger partial charge >= 0.3 is 0 Å². The molecule has 5 atom stereocenters. The van der Waals surface area contributed by atoms with Gasteiger partial charge in [-0.05, 0) is 18.2 Å². The molecule has 1 unspecified atom stereocenters. The zero-order valence-corrected chi connectivity index (χ0v) is 17.5. The Morgan fingerprint density at radius 2 is 1.88 bits per heavy atom. The number of rotatable bonds is 7. The van der Waals surface area contributed by atoms with Gasteiger partial charge in [0.2, 0.25) is 0 Å². The number of hydrogen-bond acceptors (Lipinski definition) is 11. The second kappa shape index (κ2) is 9.22. The maximum absolute atomic E-state index is 10.4. The van der Waals surface area contributed by atoms with Gasteiger partial charge in [-0.25, -0.2) is 15.0 Å². The van der Waals surface area contributed by atoms with Crippen LogP contribution in [0.1, 0.15) is 11.8 Å². The maximum atomic E-state index is 10.4. The van der Waals surface area contributed by atoms with E-state index in [4.69, 9.17) is 14.2 Å². The molecule has 5 N–H and O–H groups in total. The van der Waals surface area contributed by atoms with Crippen LogP contribution in [0.15, 0.2) is 30.9 Å². The van der Waals surface area contributed by atoms with Crippen molar-refractivity contribution in [2.24, 2.45) is 0 Å². The van der Waals surface area contributed by atoms with E-state index in [1.54, 1.807) is 26.4 Å². The van der Waals surface area contributed by atoms with E-state index < -0.39 is 37.3 Å². The molecule has 12 nitrogen and oxygen atoms in total. The lowest BCUT2D eigenvalue weighted by atomic mass is 9.98. The van der Waals surface area contributed by atoms with Crippen LogP contribution < -0.4 is 14.8 Å². The SMILES string of the molecule is COc1ccc(OC)c(CNc2ncn(C3O[C@H](CO)[C@@H](O)[C@H](O)[C@H]3O)c3ncnc2-3)c1. The third-order valence-corrected chi connectivity index (χ3v) is 5.43. The zero-order valence-electron chi connectivity index (χ0n) is 17.5. The number of hydrogen-bond donors (Lipinski definition) is 5. The van der Waals surface area contributed by atoms with Crippen molar-refractivity contribution in [1.29, 1.82) is 0 Å². The second-order valence-electron chi connectivity index (χ2n) is 7.30. The van der Waals surface area contributed by atoms with Gasteiger partial charge in [0.1, 0.15) is 48.6 Å². The Balaban J connectivity index is 1.61. The van der Waals surface area contributed by atoms with E-state index in [9.17, 15) is 20.4 Å². The van der Waals surface area contributed by atoms with Crippen LogP contribution in [0.2, 0.25) is 0 Å². The molecule has 0 amide bonds. The summed E-state index contributed by atoms with van der Waals surface area (Å²) in [6, 6.07) is 5.45. The predicted octanol–water partition coefficient (Wildman–Crippen LogP) is -0.620. The second-order valence-corrected chi connectivity index (χ2v) is 7.30. The first-order valence-electron chi connectivity index (χ1n) is 9.91. The average molecular weight is 447 g/mol. The van der Waals surface area contributed by atoms with Gasteiger partial charge in [-0.15, -0.1) is 0 Å². The summed E-state index contributed by atoms with van der Waals surface area (Å²) in [5.41, 5.74) is 1.25. The van der Waals surface area contributed by atoms with Gasteiger partial charge in [-0.2, -0.15) is 0 Å². The number of aliphatic hydroxyl groups excluding tert-OH is 4. The largest absolute Gasteiger partial charge is 0.497 e. The van der Waals surface area contributed by atoms with E-state index in [-0.39, 0.29) is 0 Å². The van der Waals surface area contributed by atoms with E-state index in [0.29, 0.717) is 35.4 Å². The van der Waals surface area contributed by atoms with Crippen LogP contribution in [0.4, 0.5) is 5.82 Å². The van der Waals surface area contributed by atoms with Crippen LogP contribution >= 0.6 is 0 Å². The Labute approximate surface area is 183 Å². The van der Waals surface area contributed by atoms with Crippen molar-refractivity contribution in [2.75, 3.05) is 26.1 Å². The van der Waals surface area contributed by atoms with Crippen molar-refractivity contribution in [2.45, 2.75) is 37.2 Å². The van der Waals surface area contributed by atoms with Crippen LogP contribution in [0.3, 0.4) is 0 Å². The van der Waals surface area contributed by atoms with Crippen molar-refractivity contribution in [1.82, 2.24) is 19.5 Å². The third-order valence-electron chi connectivity index (χ3n) is 5.43. The number of fused-ring (bicyclic) bond motifs is 1. The van der Waals surface area contributed by atoms with Gasteiger partial charge in [0.15, 0.2) is 23.6 Å². The number of aliphatic hydroxyl groups is 4. The molecule has 172 valence electrons. The minimum absolute atomic E-state index is 0.337. The summed E-state index contributed by atoms with van der Waals surface area (Å²) in [5.74, 6) is 2.13.